The van der Waals surface area contributed by atoms with Gasteiger partial charge in [0, 0.05) is 36.1 Å². The number of aromatic carboxylic acids is 1. The number of carboxylic acids is 1. The Morgan fingerprint density at radius 2 is 1.94 bits per heavy atom. The average molecular weight is 457 g/mol. The molecule has 1 unspecified atom stereocenters. The summed E-state index contributed by atoms with van der Waals surface area (Å²) < 4.78 is 45.7. The van der Waals surface area contributed by atoms with Crippen LogP contribution in [0.5, 0.6) is 5.75 Å². The third-order valence-corrected chi connectivity index (χ3v) is 5.47. The standard InChI is InChI=1S/C24H22F3N3O3/c25-24(26,27)15-30(17-4-2-1-3-5-17)18-6-7-19-16(9-11-33-22(19)12-18)13-29-21-14-28-10-8-20(21)23(31)32/h1-8,10,12,14,16,29H,9,11,13,15H2,(H,31,32). The first-order valence-corrected chi connectivity index (χ1v) is 10.4. The molecule has 3 aromatic rings. The van der Waals surface area contributed by atoms with Gasteiger partial charge in [0.1, 0.15) is 12.3 Å². The number of carbonyl (C=O) groups is 1. The first kappa shape index (κ1) is 22.4. The predicted octanol–water partition coefficient (Wildman–Crippen LogP) is 5.46. The van der Waals surface area contributed by atoms with Crippen LogP contribution in [0, 0.1) is 0 Å². The molecule has 0 radical (unpaired) electrons. The van der Waals surface area contributed by atoms with Crippen molar-refractivity contribution in [1.29, 1.82) is 0 Å². The summed E-state index contributed by atoms with van der Waals surface area (Å²) in [4.78, 5) is 16.6. The molecular weight excluding hydrogens is 435 g/mol. The van der Waals surface area contributed by atoms with E-state index in [-0.39, 0.29) is 11.5 Å². The highest BCUT2D eigenvalue weighted by Crippen LogP contribution is 2.39. The van der Waals surface area contributed by atoms with Crippen LogP contribution < -0.4 is 15.0 Å². The lowest BCUT2D eigenvalue weighted by molar-refractivity contribution is -0.118. The molecule has 0 bridgehead atoms. The summed E-state index contributed by atoms with van der Waals surface area (Å²) in [6, 6.07) is 14.9. The van der Waals surface area contributed by atoms with Crippen LogP contribution in [-0.2, 0) is 0 Å². The minimum absolute atomic E-state index is 0.00237. The number of pyridine rings is 1. The summed E-state index contributed by atoms with van der Waals surface area (Å²) in [5, 5.41) is 12.5. The quantitative estimate of drug-likeness (QED) is 0.491. The number of benzene rings is 2. The van der Waals surface area contributed by atoms with E-state index in [2.05, 4.69) is 10.3 Å². The van der Waals surface area contributed by atoms with Crippen LogP contribution in [-0.4, -0.2) is 41.9 Å². The molecule has 33 heavy (non-hydrogen) atoms. The Balaban J connectivity index is 1.58. The van der Waals surface area contributed by atoms with E-state index in [1.54, 1.807) is 48.5 Å². The molecule has 0 spiro atoms. The van der Waals surface area contributed by atoms with Gasteiger partial charge in [-0.1, -0.05) is 24.3 Å². The molecule has 1 aromatic heterocycles. The summed E-state index contributed by atoms with van der Waals surface area (Å²) in [7, 11) is 0. The van der Waals surface area contributed by atoms with Gasteiger partial charge in [0.25, 0.3) is 0 Å². The van der Waals surface area contributed by atoms with Crippen molar-refractivity contribution in [2.75, 3.05) is 29.9 Å². The summed E-state index contributed by atoms with van der Waals surface area (Å²) in [6.07, 6.45) is -0.821. The number of hydrogen-bond donors (Lipinski definition) is 2. The second kappa shape index (κ2) is 9.40. The normalized spacial score (nSPS) is 15.3. The van der Waals surface area contributed by atoms with Crippen LogP contribution in [0.1, 0.15) is 28.3 Å². The van der Waals surface area contributed by atoms with Crippen molar-refractivity contribution < 1.29 is 27.8 Å². The number of anilines is 3. The number of rotatable bonds is 7. The van der Waals surface area contributed by atoms with Crippen molar-refractivity contribution in [2.45, 2.75) is 18.5 Å². The summed E-state index contributed by atoms with van der Waals surface area (Å²) in [5.74, 6) is -0.529. The van der Waals surface area contributed by atoms with E-state index >= 15 is 0 Å². The number of carboxylic acid groups (broad SMARTS) is 1. The van der Waals surface area contributed by atoms with E-state index in [9.17, 15) is 23.1 Å². The number of hydrogen-bond acceptors (Lipinski definition) is 5. The molecule has 1 aliphatic rings. The zero-order valence-corrected chi connectivity index (χ0v) is 17.5. The summed E-state index contributed by atoms with van der Waals surface area (Å²) in [5.41, 5.74) is 2.21. The van der Waals surface area contributed by atoms with Gasteiger partial charge in [-0.15, -0.1) is 0 Å². The Kier molecular flexibility index (Phi) is 6.39. The number of aromatic nitrogens is 1. The molecule has 6 nitrogen and oxygen atoms in total. The first-order chi connectivity index (χ1) is 15.8. The highest BCUT2D eigenvalue weighted by atomic mass is 19.4. The van der Waals surface area contributed by atoms with E-state index < -0.39 is 18.7 Å². The minimum Gasteiger partial charge on any atom is -0.493 e. The second-order valence-corrected chi connectivity index (χ2v) is 7.70. The third kappa shape index (κ3) is 5.36. The lowest BCUT2D eigenvalue weighted by Gasteiger charge is -2.30. The molecule has 0 amide bonds. The minimum atomic E-state index is -4.38. The molecule has 0 saturated heterocycles. The number of para-hydroxylation sites is 1. The molecule has 0 fully saturated rings. The maximum atomic E-state index is 13.3. The van der Waals surface area contributed by atoms with Gasteiger partial charge >= 0.3 is 12.1 Å². The fourth-order valence-electron chi connectivity index (χ4n) is 3.91. The number of ether oxygens (including phenoxy) is 1. The maximum Gasteiger partial charge on any atom is 0.406 e. The smallest absolute Gasteiger partial charge is 0.406 e. The molecule has 0 aliphatic carbocycles. The Bertz CT molecular complexity index is 1120. The first-order valence-electron chi connectivity index (χ1n) is 10.4. The molecule has 0 saturated carbocycles. The van der Waals surface area contributed by atoms with Crippen molar-refractivity contribution in [3.8, 4) is 5.75 Å². The van der Waals surface area contributed by atoms with E-state index in [0.29, 0.717) is 42.4 Å². The number of nitrogens with one attached hydrogen (secondary N) is 1. The highest BCUT2D eigenvalue weighted by molar-refractivity contribution is 5.93. The maximum absolute atomic E-state index is 13.3. The SMILES string of the molecule is O=C(O)c1ccncc1NCC1CCOc2cc(N(CC(F)(F)F)c3ccccc3)ccc21. The van der Waals surface area contributed by atoms with Gasteiger partial charge in [0.15, 0.2) is 0 Å². The topological polar surface area (TPSA) is 74.7 Å². The number of nitrogens with zero attached hydrogens (tertiary/aromatic N) is 2. The van der Waals surface area contributed by atoms with Crippen molar-refractivity contribution in [1.82, 2.24) is 4.98 Å². The van der Waals surface area contributed by atoms with Crippen molar-refractivity contribution >= 4 is 23.0 Å². The van der Waals surface area contributed by atoms with Gasteiger partial charge in [-0.25, -0.2) is 4.79 Å². The fraction of sp³-hybridized carbons (Fsp3) is 0.250. The lowest BCUT2D eigenvalue weighted by Crippen LogP contribution is -2.30. The van der Waals surface area contributed by atoms with Gasteiger partial charge in [-0.05, 0) is 36.2 Å². The fourth-order valence-corrected chi connectivity index (χ4v) is 3.91. The zero-order chi connectivity index (χ0) is 23.4. The van der Waals surface area contributed by atoms with Crippen LogP contribution in [0.2, 0.25) is 0 Å². The monoisotopic (exact) mass is 457 g/mol. The third-order valence-electron chi connectivity index (χ3n) is 5.47. The average Bonchev–Trinajstić information content (AvgIpc) is 2.81. The molecule has 9 heteroatoms. The zero-order valence-electron chi connectivity index (χ0n) is 17.5. The second-order valence-electron chi connectivity index (χ2n) is 7.70. The summed E-state index contributed by atoms with van der Waals surface area (Å²) >= 11 is 0. The molecule has 2 heterocycles. The van der Waals surface area contributed by atoms with Gasteiger partial charge in [-0.2, -0.15) is 13.2 Å². The number of alkyl halides is 3. The van der Waals surface area contributed by atoms with Gasteiger partial charge in [0.2, 0.25) is 0 Å². The van der Waals surface area contributed by atoms with Crippen molar-refractivity contribution in [2.24, 2.45) is 0 Å². The van der Waals surface area contributed by atoms with Crippen LogP contribution in [0.25, 0.3) is 0 Å². The van der Waals surface area contributed by atoms with E-state index in [4.69, 9.17) is 4.74 Å². The molecule has 2 N–H and O–H groups in total. The van der Waals surface area contributed by atoms with Gasteiger partial charge in [0.05, 0.1) is 24.1 Å². The molecule has 1 aliphatic heterocycles. The van der Waals surface area contributed by atoms with Crippen molar-refractivity contribution in [3.63, 3.8) is 0 Å². The van der Waals surface area contributed by atoms with E-state index in [1.807, 2.05) is 0 Å². The number of fused-ring (bicyclic) bond motifs is 1. The molecule has 172 valence electrons. The van der Waals surface area contributed by atoms with Crippen LogP contribution >= 0.6 is 0 Å². The Morgan fingerprint density at radius 1 is 1.15 bits per heavy atom. The lowest BCUT2D eigenvalue weighted by atomic mass is 9.92. The molecule has 1 atom stereocenters. The predicted molar refractivity (Wildman–Crippen MR) is 118 cm³/mol. The van der Waals surface area contributed by atoms with E-state index in [1.165, 1.54) is 23.4 Å². The largest absolute Gasteiger partial charge is 0.493 e. The molecule has 4 rings (SSSR count). The van der Waals surface area contributed by atoms with Crippen LogP contribution in [0.3, 0.4) is 0 Å². The van der Waals surface area contributed by atoms with Gasteiger partial charge in [-0.3, -0.25) is 4.98 Å². The van der Waals surface area contributed by atoms with Crippen LogP contribution in [0.15, 0.2) is 67.0 Å². The highest BCUT2D eigenvalue weighted by Gasteiger charge is 2.32. The van der Waals surface area contributed by atoms with Gasteiger partial charge < -0.3 is 20.1 Å². The summed E-state index contributed by atoms with van der Waals surface area (Å²) in [6.45, 7) is -0.279. The van der Waals surface area contributed by atoms with Crippen LogP contribution in [0.4, 0.5) is 30.2 Å². The molecule has 2 aromatic carbocycles. The molecular formula is C24H22F3N3O3. The van der Waals surface area contributed by atoms with E-state index in [0.717, 1.165) is 5.56 Å². The Labute approximate surface area is 188 Å². The number of halogens is 3. The van der Waals surface area contributed by atoms with Crippen molar-refractivity contribution in [3.05, 3.63) is 78.1 Å². The Morgan fingerprint density at radius 3 is 2.67 bits per heavy atom. The Hall–Kier alpha value is -3.75.